The molecule has 0 spiro atoms. The zero-order chi connectivity index (χ0) is 28.1. The quantitative estimate of drug-likeness (QED) is 0.160. The smallest absolute Gasteiger partial charge is 0.418 e. The van der Waals surface area contributed by atoms with Crippen LogP contribution < -0.4 is 25.4 Å². The number of para-hydroxylation sites is 1. The van der Waals surface area contributed by atoms with Crippen molar-refractivity contribution in [2.24, 2.45) is 0 Å². The molecule has 208 valence electrons. The van der Waals surface area contributed by atoms with Gasteiger partial charge in [0.1, 0.15) is 11.6 Å². The van der Waals surface area contributed by atoms with Crippen molar-refractivity contribution in [3.05, 3.63) is 72.4 Å². The van der Waals surface area contributed by atoms with Crippen LogP contribution in [0.15, 0.2) is 66.9 Å². The third-order valence-electron chi connectivity index (χ3n) is 5.44. The fourth-order valence-corrected chi connectivity index (χ4v) is 4.10. The van der Waals surface area contributed by atoms with Gasteiger partial charge in [-0.3, -0.25) is 14.5 Å². The number of carbonyl (C=O) groups is 3. The standard InChI is InChI=1S/C28H36N6O4S/c1-28(2,3)38-27(37)34-39-31-18-8-7-15-23(33-26(36)30-19-20-11-5-4-6-12-20)25(35)32-22-16-9-13-21-14-10-17-29-24(21)22/h4-6,9-14,16-17,23,31H,7-8,15,18-19H2,1-3H3,(H,32,35)(H,34,37)(H2,30,33,36). The van der Waals surface area contributed by atoms with Gasteiger partial charge in [-0.2, -0.15) is 0 Å². The molecule has 3 aromatic rings. The minimum atomic E-state index is -0.757. The second kappa shape index (κ2) is 14.9. The number of aromatic nitrogens is 1. The Morgan fingerprint density at radius 1 is 0.974 bits per heavy atom. The summed E-state index contributed by atoms with van der Waals surface area (Å²) in [7, 11) is 0. The van der Waals surface area contributed by atoms with Crippen molar-refractivity contribution in [3.63, 3.8) is 0 Å². The molecule has 10 nitrogen and oxygen atoms in total. The van der Waals surface area contributed by atoms with Crippen LogP contribution >= 0.6 is 12.1 Å². The third kappa shape index (κ3) is 10.8. The van der Waals surface area contributed by atoms with Crippen LogP contribution in [0, 0.1) is 0 Å². The number of urea groups is 1. The van der Waals surface area contributed by atoms with Crippen LogP contribution in [0.4, 0.5) is 15.3 Å². The molecule has 0 saturated heterocycles. The molecule has 0 saturated carbocycles. The van der Waals surface area contributed by atoms with E-state index in [-0.39, 0.29) is 5.91 Å². The molecule has 2 aromatic carbocycles. The third-order valence-corrected chi connectivity index (χ3v) is 6.05. The maximum absolute atomic E-state index is 13.3. The molecule has 0 radical (unpaired) electrons. The highest BCUT2D eigenvalue weighted by atomic mass is 32.2. The lowest BCUT2D eigenvalue weighted by Crippen LogP contribution is -2.47. The van der Waals surface area contributed by atoms with Crippen molar-refractivity contribution in [2.45, 2.75) is 58.2 Å². The second-order valence-corrected chi connectivity index (χ2v) is 10.5. The molecular weight excluding hydrogens is 516 g/mol. The van der Waals surface area contributed by atoms with Gasteiger partial charge in [0, 0.05) is 36.8 Å². The number of benzene rings is 2. The summed E-state index contributed by atoms with van der Waals surface area (Å²) in [6, 6.07) is 17.7. The Balaban J connectivity index is 1.52. The van der Waals surface area contributed by atoms with Crippen LogP contribution in [0.25, 0.3) is 10.9 Å². The van der Waals surface area contributed by atoms with Gasteiger partial charge < -0.3 is 20.7 Å². The molecular formula is C28H36N6O4S. The summed E-state index contributed by atoms with van der Waals surface area (Å²) < 4.78 is 10.8. The van der Waals surface area contributed by atoms with E-state index in [2.05, 4.69) is 30.4 Å². The van der Waals surface area contributed by atoms with E-state index in [0.717, 1.165) is 29.5 Å². The second-order valence-electron chi connectivity index (χ2n) is 9.83. The average molecular weight is 553 g/mol. The Hall–Kier alpha value is -3.83. The van der Waals surface area contributed by atoms with Gasteiger partial charge in [0.2, 0.25) is 5.91 Å². The van der Waals surface area contributed by atoms with Crippen LogP contribution in [-0.4, -0.2) is 41.2 Å². The Morgan fingerprint density at radius 3 is 2.51 bits per heavy atom. The predicted molar refractivity (Wildman–Crippen MR) is 155 cm³/mol. The van der Waals surface area contributed by atoms with Crippen LogP contribution in [0.5, 0.6) is 0 Å². The first-order valence-corrected chi connectivity index (χ1v) is 13.6. The number of ether oxygens (including phenoxy) is 1. The number of carbonyl (C=O) groups excluding carboxylic acids is 3. The van der Waals surface area contributed by atoms with E-state index >= 15 is 0 Å². The van der Waals surface area contributed by atoms with E-state index in [4.69, 9.17) is 4.74 Å². The van der Waals surface area contributed by atoms with E-state index in [1.54, 1.807) is 33.0 Å². The highest BCUT2D eigenvalue weighted by molar-refractivity contribution is 7.96. The largest absolute Gasteiger partial charge is 0.443 e. The van der Waals surface area contributed by atoms with E-state index < -0.39 is 23.8 Å². The molecule has 11 heteroatoms. The molecule has 1 heterocycles. The first-order chi connectivity index (χ1) is 18.7. The summed E-state index contributed by atoms with van der Waals surface area (Å²) in [4.78, 5) is 42.0. The number of fused-ring (bicyclic) bond motifs is 1. The Kier molecular flexibility index (Phi) is 11.4. The summed E-state index contributed by atoms with van der Waals surface area (Å²) in [5.41, 5.74) is 1.65. The number of pyridine rings is 1. The van der Waals surface area contributed by atoms with Gasteiger partial charge in [-0.1, -0.05) is 48.5 Å². The van der Waals surface area contributed by atoms with E-state index in [1.165, 1.54) is 0 Å². The SMILES string of the molecule is CC(C)(C)OC(=O)NSNCCCCC(NC(=O)NCc1ccccc1)C(=O)Nc1cccc2cccnc12. The number of nitrogens with one attached hydrogen (secondary N) is 5. The highest BCUT2D eigenvalue weighted by Crippen LogP contribution is 2.21. The minimum absolute atomic E-state index is 0.322. The number of hydrogen-bond donors (Lipinski definition) is 5. The first kappa shape index (κ1) is 29.7. The normalized spacial score (nSPS) is 11.9. The predicted octanol–water partition coefficient (Wildman–Crippen LogP) is 4.89. The number of amides is 4. The number of anilines is 1. The molecule has 3 rings (SSSR count). The van der Waals surface area contributed by atoms with Crippen LogP contribution in [0.2, 0.25) is 0 Å². The molecule has 1 unspecified atom stereocenters. The summed E-state index contributed by atoms with van der Waals surface area (Å²) in [5.74, 6) is -0.322. The molecule has 0 aliphatic rings. The Bertz CT molecular complexity index is 1230. The summed E-state index contributed by atoms with van der Waals surface area (Å²) in [6.07, 6.45) is 2.95. The zero-order valence-electron chi connectivity index (χ0n) is 22.5. The van der Waals surface area contributed by atoms with Gasteiger partial charge in [0.15, 0.2) is 0 Å². The van der Waals surface area contributed by atoms with E-state index in [9.17, 15) is 14.4 Å². The van der Waals surface area contributed by atoms with Gasteiger partial charge >= 0.3 is 12.1 Å². The van der Waals surface area contributed by atoms with Crippen molar-refractivity contribution in [3.8, 4) is 0 Å². The molecule has 0 bridgehead atoms. The van der Waals surface area contributed by atoms with Crippen molar-refractivity contribution in [1.29, 1.82) is 0 Å². The monoisotopic (exact) mass is 552 g/mol. The molecule has 0 aliphatic carbocycles. The number of nitrogens with zero attached hydrogens (tertiary/aromatic N) is 1. The number of unbranched alkanes of at least 4 members (excludes halogenated alkanes) is 1. The number of hydrogen-bond acceptors (Lipinski definition) is 7. The zero-order valence-corrected chi connectivity index (χ0v) is 23.3. The molecule has 4 amide bonds. The number of rotatable bonds is 12. The van der Waals surface area contributed by atoms with Crippen molar-refractivity contribution >= 4 is 46.8 Å². The minimum Gasteiger partial charge on any atom is -0.443 e. The maximum Gasteiger partial charge on any atom is 0.418 e. The molecule has 39 heavy (non-hydrogen) atoms. The fraction of sp³-hybridized carbons (Fsp3) is 0.357. The lowest BCUT2D eigenvalue weighted by Gasteiger charge is -2.20. The van der Waals surface area contributed by atoms with Crippen LogP contribution in [-0.2, 0) is 16.1 Å². The Labute approximate surface area is 233 Å². The van der Waals surface area contributed by atoms with E-state index in [0.29, 0.717) is 37.1 Å². The fourth-order valence-electron chi connectivity index (χ4n) is 3.65. The molecule has 1 atom stereocenters. The van der Waals surface area contributed by atoms with Crippen molar-refractivity contribution in [1.82, 2.24) is 25.1 Å². The molecule has 0 fully saturated rings. The lowest BCUT2D eigenvalue weighted by atomic mass is 10.1. The average Bonchev–Trinajstić information content (AvgIpc) is 2.90. The Morgan fingerprint density at radius 2 is 1.74 bits per heavy atom. The lowest BCUT2D eigenvalue weighted by molar-refractivity contribution is -0.118. The summed E-state index contributed by atoms with van der Waals surface area (Å²) in [5, 5.41) is 9.46. The van der Waals surface area contributed by atoms with Gasteiger partial charge in [0.25, 0.3) is 0 Å². The van der Waals surface area contributed by atoms with Crippen LogP contribution in [0.1, 0.15) is 45.6 Å². The highest BCUT2D eigenvalue weighted by Gasteiger charge is 2.21. The molecule has 1 aromatic heterocycles. The molecule has 0 aliphatic heterocycles. The van der Waals surface area contributed by atoms with Gasteiger partial charge in [-0.15, -0.1) is 0 Å². The molecule has 5 N–H and O–H groups in total. The van der Waals surface area contributed by atoms with Crippen LogP contribution in [0.3, 0.4) is 0 Å². The van der Waals surface area contributed by atoms with Crippen molar-refractivity contribution < 1.29 is 19.1 Å². The summed E-state index contributed by atoms with van der Waals surface area (Å²) in [6.45, 7) is 6.32. The van der Waals surface area contributed by atoms with Gasteiger partial charge in [-0.25, -0.2) is 14.3 Å². The topological polar surface area (TPSA) is 133 Å². The summed E-state index contributed by atoms with van der Waals surface area (Å²) >= 11 is 1.04. The van der Waals surface area contributed by atoms with E-state index in [1.807, 2.05) is 54.6 Å². The first-order valence-electron chi connectivity index (χ1n) is 12.8. The van der Waals surface area contributed by atoms with Gasteiger partial charge in [-0.05, 0) is 57.7 Å². The van der Waals surface area contributed by atoms with Gasteiger partial charge in [0.05, 0.1) is 11.2 Å². The van der Waals surface area contributed by atoms with Crippen molar-refractivity contribution in [2.75, 3.05) is 11.9 Å². The maximum atomic E-state index is 13.3.